The Morgan fingerprint density at radius 2 is 0.918 bits per heavy atom. The molecule has 49 heavy (non-hydrogen) atoms. The van der Waals surface area contributed by atoms with E-state index in [0.717, 1.165) is 22.3 Å². The van der Waals surface area contributed by atoms with E-state index in [0.29, 0.717) is 18.8 Å². The standard InChI is InChI=1S/C43H42O6/c1-2-43(44,37-26-16-7-17-27-37)42-41(48-31-36-24-14-6-15-25-36)40(47-30-35-22-12-5-13-23-35)39(46-29-34-20-10-4-11-21-34)38(49-42)32-45-28-33-18-8-3-9-19-33/h1,3-27,38-42,44H,28-32H2/t38-,39-,40+,41-,42-,43+/m1/s1. The molecule has 0 aromatic heterocycles. The van der Waals surface area contributed by atoms with Gasteiger partial charge < -0.3 is 28.8 Å². The summed E-state index contributed by atoms with van der Waals surface area (Å²) in [6, 6.07) is 48.9. The fourth-order valence-electron chi connectivity index (χ4n) is 6.15. The highest BCUT2D eigenvalue weighted by molar-refractivity contribution is 5.34. The first-order valence-electron chi connectivity index (χ1n) is 16.6. The van der Waals surface area contributed by atoms with Crippen molar-refractivity contribution in [3.63, 3.8) is 0 Å². The Hall–Kier alpha value is -4.58. The predicted octanol–water partition coefficient (Wildman–Crippen LogP) is 7.25. The molecule has 6 heteroatoms. The third-order valence-corrected chi connectivity index (χ3v) is 8.73. The van der Waals surface area contributed by atoms with E-state index in [4.69, 9.17) is 30.1 Å². The van der Waals surface area contributed by atoms with Gasteiger partial charge >= 0.3 is 0 Å². The second-order valence-corrected chi connectivity index (χ2v) is 12.2. The molecule has 1 fully saturated rings. The van der Waals surface area contributed by atoms with Crippen LogP contribution in [0.25, 0.3) is 0 Å². The Bertz CT molecular complexity index is 1710. The van der Waals surface area contributed by atoms with Crippen LogP contribution in [0.4, 0.5) is 0 Å². The average molecular weight is 655 g/mol. The Balaban J connectivity index is 1.39. The average Bonchev–Trinajstić information content (AvgIpc) is 3.17. The molecule has 1 heterocycles. The molecule has 1 aliphatic rings. The zero-order valence-electron chi connectivity index (χ0n) is 27.4. The first-order valence-corrected chi connectivity index (χ1v) is 16.6. The second-order valence-electron chi connectivity index (χ2n) is 12.2. The molecule has 6 nitrogen and oxygen atoms in total. The highest BCUT2D eigenvalue weighted by Gasteiger charge is 2.55. The molecule has 5 aromatic rings. The van der Waals surface area contributed by atoms with E-state index in [-0.39, 0.29) is 19.8 Å². The maximum absolute atomic E-state index is 12.4. The number of aliphatic hydroxyl groups is 1. The van der Waals surface area contributed by atoms with Gasteiger partial charge in [0.05, 0.1) is 33.0 Å². The monoisotopic (exact) mass is 654 g/mol. The maximum atomic E-state index is 12.4. The molecule has 0 bridgehead atoms. The largest absolute Gasteiger partial charge is 0.374 e. The fourth-order valence-corrected chi connectivity index (χ4v) is 6.15. The molecule has 6 atom stereocenters. The zero-order chi connectivity index (χ0) is 33.7. The molecule has 1 aliphatic heterocycles. The van der Waals surface area contributed by atoms with E-state index in [1.54, 1.807) is 12.1 Å². The molecular formula is C43H42O6. The van der Waals surface area contributed by atoms with Gasteiger partial charge in [0.25, 0.3) is 0 Å². The van der Waals surface area contributed by atoms with Gasteiger partial charge in [-0.2, -0.15) is 0 Å². The minimum atomic E-state index is -1.86. The summed E-state index contributed by atoms with van der Waals surface area (Å²) < 4.78 is 33.4. The predicted molar refractivity (Wildman–Crippen MR) is 189 cm³/mol. The van der Waals surface area contributed by atoms with Crippen LogP contribution in [0.1, 0.15) is 27.8 Å². The van der Waals surface area contributed by atoms with Crippen LogP contribution >= 0.6 is 0 Å². The summed E-state index contributed by atoms with van der Waals surface area (Å²) in [5.74, 6) is 2.68. The highest BCUT2D eigenvalue weighted by Crippen LogP contribution is 2.39. The summed E-state index contributed by atoms with van der Waals surface area (Å²) in [4.78, 5) is 0. The van der Waals surface area contributed by atoms with Gasteiger partial charge in [0.15, 0.2) is 5.60 Å². The van der Waals surface area contributed by atoms with Gasteiger partial charge in [-0.3, -0.25) is 0 Å². The highest BCUT2D eigenvalue weighted by atomic mass is 16.6. The SMILES string of the molecule is C#C[C@](O)(c1ccccc1)[C@@H]1O[C@H](COCc2ccccc2)[C@@H](OCc2ccccc2)[C@H](OCc2ccccc2)[C@H]1OCc1ccccc1. The smallest absolute Gasteiger partial charge is 0.179 e. The lowest BCUT2D eigenvalue weighted by molar-refractivity contribution is -0.296. The summed E-state index contributed by atoms with van der Waals surface area (Å²) in [6.45, 7) is 1.37. The Morgan fingerprint density at radius 1 is 0.531 bits per heavy atom. The first kappa shape index (κ1) is 34.3. The second kappa shape index (κ2) is 17.2. The third-order valence-electron chi connectivity index (χ3n) is 8.73. The Labute approximate surface area is 289 Å². The molecule has 0 aliphatic carbocycles. The number of hydrogen-bond donors (Lipinski definition) is 1. The van der Waals surface area contributed by atoms with Crippen molar-refractivity contribution in [1.29, 1.82) is 0 Å². The third kappa shape index (κ3) is 8.91. The minimum Gasteiger partial charge on any atom is -0.374 e. The van der Waals surface area contributed by atoms with Crippen molar-refractivity contribution in [3.05, 3.63) is 179 Å². The van der Waals surface area contributed by atoms with Gasteiger partial charge in [-0.05, 0) is 27.8 Å². The van der Waals surface area contributed by atoms with Gasteiger partial charge in [0, 0.05) is 0 Å². The van der Waals surface area contributed by atoms with Gasteiger partial charge in [0.1, 0.15) is 30.5 Å². The summed E-state index contributed by atoms with van der Waals surface area (Å²) in [5.41, 5.74) is 2.64. The zero-order valence-corrected chi connectivity index (χ0v) is 27.4. The van der Waals surface area contributed by atoms with Crippen molar-refractivity contribution in [2.24, 2.45) is 0 Å². The van der Waals surface area contributed by atoms with E-state index < -0.39 is 36.1 Å². The van der Waals surface area contributed by atoms with Crippen molar-refractivity contribution in [2.75, 3.05) is 6.61 Å². The van der Waals surface area contributed by atoms with Crippen LogP contribution in [0.2, 0.25) is 0 Å². The molecular weight excluding hydrogens is 612 g/mol. The van der Waals surface area contributed by atoms with E-state index in [2.05, 4.69) is 5.92 Å². The number of hydrogen-bond acceptors (Lipinski definition) is 6. The van der Waals surface area contributed by atoms with Crippen molar-refractivity contribution < 1.29 is 28.8 Å². The van der Waals surface area contributed by atoms with Gasteiger partial charge in [0.2, 0.25) is 0 Å². The quantitative estimate of drug-likeness (QED) is 0.120. The van der Waals surface area contributed by atoms with Crippen LogP contribution in [0.5, 0.6) is 0 Å². The molecule has 0 radical (unpaired) electrons. The van der Waals surface area contributed by atoms with E-state index in [9.17, 15) is 5.11 Å². The fraction of sp³-hybridized carbons (Fsp3) is 0.256. The summed E-state index contributed by atoms with van der Waals surface area (Å²) in [5, 5.41) is 12.4. The van der Waals surface area contributed by atoms with Gasteiger partial charge in [-0.15, -0.1) is 6.42 Å². The van der Waals surface area contributed by atoms with Crippen molar-refractivity contribution in [3.8, 4) is 12.3 Å². The molecule has 6 rings (SSSR count). The molecule has 0 saturated carbocycles. The van der Waals surface area contributed by atoms with E-state index in [1.807, 2.05) is 140 Å². The maximum Gasteiger partial charge on any atom is 0.179 e. The van der Waals surface area contributed by atoms with Crippen LogP contribution in [0.3, 0.4) is 0 Å². The van der Waals surface area contributed by atoms with Crippen molar-refractivity contribution >= 4 is 0 Å². The van der Waals surface area contributed by atoms with Crippen LogP contribution in [0, 0.1) is 12.3 Å². The number of terminal acetylenes is 1. The topological polar surface area (TPSA) is 66.4 Å². The molecule has 5 aromatic carbocycles. The first-order chi connectivity index (χ1) is 24.1. The number of rotatable bonds is 15. The van der Waals surface area contributed by atoms with Gasteiger partial charge in [-0.25, -0.2) is 0 Å². The molecule has 1 saturated heterocycles. The normalized spacial score (nSPS) is 21.8. The minimum absolute atomic E-state index is 0.164. The summed E-state index contributed by atoms with van der Waals surface area (Å²) in [7, 11) is 0. The van der Waals surface area contributed by atoms with Crippen LogP contribution in [-0.4, -0.2) is 42.2 Å². The van der Waals surface area contributed by atoms with Crippen LogP contribution in [0.15, 0.2) is 152 Å². The molecule has 0 unspecified atom stereocenters. The van der Waals surface area contributed by atoms with Crippen molar-refractivity contribution in [2.45, 2.75) is 62.5 Å². The number of ether oxygens (including phenoxy) is 5. The van der Waals surface area contributed by atoms with E-state index in [1.165, 1.54) is 0 Å². The lowest BCUT2D eigenvalue weighted by Gasteiger charge is -2.49. The molecule has 250 valence electrons. The Morgan fingerprint density at radius 3 is 1.37 bits per heavy atom. The molecule has 0 spiro atoms. The lowest BCUT2D eigenvalue weighted by atomic mass is 9.80. The van der Waals surface area contributed by atoms with Crippen LogP contribution in [-0.2, 0) is 55.7 Å². The summed E-state index contributed by atoms with van der Waals surface area (Å²) in [6.07, 6.45) is 2.31. The summed E-state index contributed by atoms with van der Waals surface area (Å²) >= 11 is 0. The van der Waals surface area contributed by atoms with Crippen molar-refractivity contribution in [1.82, 2.24) is 0 Å². The molecule has 0 amide bonds. The van der Waals surface area contributed by atoms with E-state index >= 15 is 0 Å². The number of benzene rings is 5. The molecule has 1 N–H and O–H groups in total. The lowest BCUT2D eigenvalue weighted by Crippen LogP contribution is -2.66. The van der Waals surface area contributed by atoms with Gasteiger partial charge in [-0.1, -0.05) is 158 Å². The Kier molecular flexibility index (Phi) is 12.0. The van der Waals surface area contributed by atoms with Crippen LogP contribution < -0.4 is 0 Å².